The Morgan fingerprint density at radius 3 is 2.85 bits per heavy atom. The summed E-state index contributed by atoms with van der Waals surface area (Å²) in [5.41, 5.74) is 3.03. The summed E-state index contributed by atoms with van der Waals surface area (Å²) < 4.78 is 6.58. The molecular weight excluding hydrogens is 394 g/mol. The van der Waals surface area contributed by atoms with Crippen molar-refractivity contribution in [2.45, 2.75) is 6.54 Å². The number of fused-ring (bicyclic) bond motifs is 1. The van der Waals surface area contributed by atoms with E-state index in [0.29, 0.717) is 12.3 Å². The van der Waals surface area contributed by atoms with Crippen LogP contribution in [0, 0.1) is 0 Å². The lowest BCUT2D eigenvalue weighted by molar-refractivity contribution is -0.130. The van der Waals surface area contributed by atoms with Crippen LogP contribution in [0.2, 0.25) is 0 Å². The molecule has 0 bridgehead atoms. The summed E-state index contributed by atoms with van der Waals surface area (Å²) in [6.45, 7) is 0.682. The fourth-order valence-corrected chi connectivity index (χ4v) is 2.84. The molecule has 0 saturated carbocycles. The van der Waals surface area contributed by atoms with Crippen LogP contribution in [0.4, 0.5) is 5.69 Å². The number of hydrogen-bond donors (Lipinski definition) is 1. The number of aromatic nitrogens is 1. The lowest BCUT2D eigenvalue weighted by Crippen LogP contribution is -2.27. The second-order valence-electron chi connectivity index (χ2n) is 6.10. The van der Waals surface area contributed by atoms with Crippen LogP contribution in [0.15, 0.2) is 59.2 Å². The van der Waals surface area contributed by atoms with Gasteiger partial charge in [0.15, 0.2) is 6.61 Å². The van der Waals surface area contributed by atoms with E-state index in [1.165, 1.54) is 4.90 Å². The molecule has 0 radical (unpaired) electrons. The van der Waals surface area contributed by atoms with Gasteiger partial charge < -0.3 is 15.0 Å². The third-order valence-electron chi connectivity index (χ3n) is 3.95. The molecule has 0 atom stereocenters. The minimum Gasteiger partial charge on any atom is -0.484 e. The molecule has 0 saturated heterocycles. The highest BCUT2D eigenvalue weighted by Crippen LogP contribution is 2.25. The van der Waals surface area contributed by atoms with Crippen molar-refractivity contribution in [1.29, 1.82) is 0 Å². The Bertz CT molecular complexity index is 928. The van der Waals surface area contributed by atoms with Gasteiger partial charge in [0.25, 0.3) is 5.91 Å². The SMILES string of the molecule is CN(C)C(=O)COc1cccc(CNc2ccnc3cc(Br)ccc23)c1. The zero-order chi connectivity index (χ0) is 18.5. The third kappa shape index (κ3) is 4.52. The van der Waals surface area contributed by atoms with E-state index in [1.54, 1.807) is 20.3 Å². The number of nitrogens with zero attached hydrogens (tertiary/aromatic N) is 2. The maximum absolute atomic E-state index is 11.6. The zero-order valence-corrected chi connectivity index (χ0v) is 16.3. The van der Waals surface area contributed by atoms with E-state index in [1.807, 2.05) is 48.5 Å². The number of rotatable bonds is 6. The van der Waals surface area contributed by atoms with Crippen molar-refractivity contribution >= 4 is 38.4 Å². The monoisotopic (exact) mass is 413 g/mol. The van der Waals surface area contributed by atoms with Crippen molar-refractivity contribution in [3.05, 3.63) is 64.8 Å². The van der Waals surface area contributed by atoms with E-state index in [9.17, 15) is 4.79 Å². The minimum absolute atomic E-state index is 0.0355. The van der Waals surface area contributed by atoms with Gasteiger partial charge in [-0.25, -0.2) is 0 Å². The summed E-state index contributed by atoms with van der Waals surface area (Å²) in [6.07, 6.45) is 1.80. The summed E-state index contributed by atoms with van der Waals surface area (Å²) in [5.74, 6) is 0.617. The van der Waals surface area contributed by atoms with E-state index < -0.39 is 0 Å². The van der Waals surface area contributed by atoms with Crippen LogP contribution in [0.3, 0.4) is 0 Å². The Hall–Kier alpha value is -2.60. The van der Waals surface area contributed by atoms with Gasteiger partial charge in [0.2, 0.25) is 0 Å². The van der Waals surface area contributed by atoms with E-state index in [0.717, 1.165) is 26.6 Å². The molecule has 1 aromatic heterocycles. The van der Waals surface area contributed by atoms with Crippen molar-refractivity contribution in [3.63, 3.8) is 0 Å². The molecule has 3 aromatic rings. The number of pyridine rings is 1. The number of likely N-dealkylation sites (N-methyl/N-ethyl adjacent to an activating group) is 1. The van der Waals surface area contributed by atoms with E-state index in [2.05, 4.69) is 26.2 Å². The number of amides is 1. The first-order valence-corrected chi connectivity index (χ1v) is 9.02. The lowest BCUT2D eigenvalue weighted by atomic mass is 10.1. The predicted molar refractivity (Wildman–Crippen MR) is 107 cm³/mol. The Balaban J connectivity index is 1.69. The molecule has 0 spiro atoms. The fourth-order valence-electron chi connectivity index (χ4n) is 2.49. The fraction of sp³-hybridized carbons (Fsp3) is 0.200. The molecule has 5 nitrogen and oxygen atoms in total. The van der Waals surface area contributed by atoms with E-state index in [-0.39, 0.29) is 12.5 Å². The summed E-state index contributed by atoms with van der Waals surface area (Å²) in [5, 5.41) is 4.52. The first-order chi connectivity index (χ1) is 12.5. The first-order valence-electron chi connectivity index (χ1n) is 8.23. The molecule has 2 aromatic carbocycles. The van der Waals surface area contributed by atoms with Crippen LogP contribution in [0.1, 0.15) is 5.56 Å². The van der Waals surface area contributed by atoms with Crippen LogP contribution >= 0.6 is 15.9 Å². The minimum atomic E-state index is -0.0667. The lowest BCUT2D eigenvalue weighted by Gasteiger charge is -2.13. The molecule has 134 valence electrons. The second-order valence-corrected chi connectivity index (χ2v) is 7.01. The summed E-state index contributed by atoms with van der Waals surface area (Å²) in [7, 11) is 3.42. The number of halogens is 1. The van der Waals surface area contributed by atoms with Crippen molar-refractivity contribution < 1.29 is 9.53 Å². The van der Waals surface area contributed by atoms with E-state index >= 15 is 0 Å². The molecule has 0 aliphatic carbocycles. The van der Waals surface area contributed by atoms with Crippen molar-refractivity contribution in [3.8, 4) is 5.75 Å². The Labute approximate surface area is 161 Å². The average Bonchev–Trinajstić information content (AvgIpc) is 2.64. The van der Waals surface area contributed by atoms with Crippen LogP contribution in [-0.4, -0.2) is 36.5 Å². The highest BCUT2D eigenvalue weighted by atomic mass is 79.9. The Kier molecular flexibility index (Phi) is 5.73. The summed E-state index contributed by atoms with van der Waals surface area (Å²) in [6, 6.07) is 15.7. The van der Waals surface area contributed by atoms with Gasteiger partial charge in [-0.15, -0.1) is 0 Å². The number of nitrogens with one attached hydrogen (secondary N) is 1. The number of benzene rings is 2. The molecular formula is C20H20BrN3O2. The van der Waals surface area contributed by atoms with Crippen LogP contribution in [-0.2, 0) is 11.3 Å². The van der Waals surface area contributed by atoms with Crippen molar-refractivity contribution in [2.75, 3.05) is 26.0 Å². The largest absolute Gasteiger partial charge is 0.484 e. The topological polar surface area (TPSA) is 54.5 Å². The van der Waals surface area contributed by atoms with E-state index in [4.69, 9.17) is 4.74 Å². The van der Waals surface area contributed by atoms with Gasteiger partial charge >= 0.3 is 0 Å². The predicted octanol–water partition coefficient (Wildman–Crippen LogP) is 4.08. The molecule has 0 aliphatic rings. The average molecular weight is 414 g/mol. The van der Waals surface area contributed by atoms with Crippen molar-refractivity contribution in [2.24, 2.45) is 0 Å². The number of carbonyl (C=O) groups excluding carboxylic acids is 1. The second kappa shape index (κ2) is 8.19. The maximum atomic E-state index is 11.6. The quantitative estimate of drug-likeness (QED) is 0.661. The van der Waals surface area contributed by atoms with Crippen LogP contribution < -0.4 is 10.1 Å². The zero-order valence-electron chi connectivity index (χ0n) is 14.7. The molecule has 26 heavy (non-hydrogen) atoms. The highest BCUT2D eigenvalue weighted by molar-refractivity contribution is 9.10. The third-order valence-corrected chi connectivity index (χ3v) is 4.44. The number of hydrogen-bond acceptors (Lipinski definition) is 4. The normalized spacial score (nSPS) is 10.6. The molecule has 1 heterocycles. The number of anilines is 1. The van der Waals surface area contributed by atoms with Gasteiger partial charge in [-0.05, 0) is 42.0 Å². The Morgan fingerprint density at radius 2 is 2.04 bits per heavy atom. The van der Waals surface area contributed by atoms with Gasteiger partial charge in [-0.2, -0.15) is 0 Å². The van der Waals surface area contributed by atoms with Gasteiger partial charge in [0.05, 0.1) is 5.52 Å². The molecule has 0 unspecified atom stereocenters. The molecule has 0 aliphatic heterocycles. The highest BCUT2D eigenvalue weighted by Gasteiger charge is 2.06. The molecule has 1 N–H and O–H groups in total. The maximum Gasteiger partial charge on any atom is 0.259 e. The smallest absolute Gasteiger partial charge is 0.259 e. The molecule has 6 heteroatoms. The van der Waals surface area contributed by atoms with Gasteiger partial charge in [0.1, 0.15) is 5.75 Å². The molecule has 1 amide bonds. The Morgan fingerprint density at radius 1 is 1.19 bits per heavy atom. The number of ether oxygens (including phenoxy) is 1. The van der Waals surface area contributed by atoms with Gasteiger partial charge in [-0.3, -0.25) is 9.78 Å². The first kappa shape index (κ1) is 18.2. The molecule has 0 fully saturated rings. The number of carbonyl (C=O) groups is 1. The summed E-state index contributed by atoms with van der Waals surface area (Å²) in [4.78, 5) is 17.6. The van der Waals surface area contributed by atoms with Gasteiger partial charge in [-0.1, -0.05) is 28.1 Å². The van der Waals surface area contributed by atoms with Crippen molar-refractivity contribution in [1.82, 2.24) is 9.88 Å². The standard InChI is InChI=1S/C20H20BrN3O2/c1-24(2)20(25)13-26-16-5-3-4-14(10-16)12-23-18-8-9-22-19-11-15(21)6-7-17(18)19/h3-11H,12-13H2,1-2H3,(H,22,23). The molecule has 3 rings (SSSR count). The van der Waals surface area contributed by atoms with Crippen LogP contribution in [0.25, 0.3) is 10.9 Å². The van der Waals surface area contributed by atoms with Crippen LogP contribution in [0.5, 0.6) is 5.75 Å². The summed E-state index contributed by atoms with van der Waals surface area (Å²) >= 11 is 3.47. The van der Waals surface area contributed by atoms with Gasteiger partial charge in [0, 0.05) is 42.4 Å².